The summed E-state index contributed by atoms with van der Waals surface area (Å²) in [6.07, 6.45) is 4.04. The quantitative estimate of drug-likeness (QED) is 0.600. The van der Waals surface area contributed by atoms with Crippen molar-refractivity contribution in [3.05, 3.63) is 0 Å². The summed E-state index contributed by atoms with van der Waals surface area (Å²) < 4.78 is 0. The topological polar surface area (TPSA) is 68.2 Å². The molecule has 1 saturated heterocycles. The Morgan fingerprint density at radius 2 is 1.64 bits per heavy atom. The number of nitrogens with zero attached hydrogens (tertiary/aromatic N) is 4. The number of hydrogen-bond acceptors (Lipinski definition) is 3. The number of carbonyl (C=O) groups is 2. The maximum atomic E-state index is 12.7. The molecule has 0 aromatic heterocycles. The Labute approximate surface area is 151 Å². The van der Waals surface area contributed by atoms with Crippen molar-refractivity contribution in [3.63, 3.8) is 0 Å². The molecule has 7 heteroatoms. The Bertz CT molecular complexity index is 504. The van der Waals surface area contributed by atoms with Crippen LogP contribution in [0.3, 0.4) is 0 Å². The van der Waals surface area contributed by atoms with Crippen LogP contribution in [0.15, 0.2) is 4.99 Å². The van der Waals surface area contributed by atoms with Crippen molar-refractivity contribution >= 4 is 17.8 Å². The van der Waals surface area contributed by atoms with Crippen molar-refractivity contribution in [1.82, 2.24) is 20.0 Å². The Hall–Kier alpha value is -1.79. The summed E-state index contributed by atoms with van der Waals surface area (Å²) in [4.78, 5) is 34.8. The van der Waals surface area contributed by atoms with E-state index in [2.05, 4.69) is 17.1 Å². The van der Waals surface area contributed by atoms with Gasteiger partial charge in [0.25, 0.3) is 0 Å². The van der Waals surface area contributed by atoms with Crippen LogP contribution in [-0.2, 0) is 9.59 Å². The first-order valence-electron chi connectivity index (χ1n) is 9.40. The van der Waals surface area contributed by atoms with E-state index in [0.717, 1.165) is 64.4 Å². The van der Waals surface area contributed by atoms with Gasteiger partial charge in [-0.3, -0.25) is 14.6 Å². The second-order valence-electron chi connectivity index (χ2n) is 7.35. The zero-order valence-electron chi connectivity index (χ0n) is 16.2. The molecule has 2 fully saturated rings. The van der Waals surface area contributed by atoms with Crippen LogP contribution in [0.5, 0.6) is 0 Å². The average molecular weight is 351 g/mol. The van der Waals surface area contributed by atoms with E-state index in [-0.39, 0.29) is 17.2 Å². The smallest absolute Gasteiger partial charge is 0.230 e. The van der Waals surface area contributed by atoms with Gasteiger partial charge in [0.1, 0.15) is 0 Å². The number of guanidine groups is 1. The molecule has 1 heterocycles. The van der Waals surface area contributed by atoms with Gasteiger partial charge in [0.05, 0.1) is 12.0 Å². The van der Waals surface area contributed by atoms with Gasteiger partial charge in [-0.15, -0.1) is 0 Å². The van der Waals surface area contributed by atoms with E-state index in [0.29, 0.717) is 6.54 Å². The van der Waals surface area contributed by atoms with Gasteiger partial charge in [0, 0.05) is 53.7 Å². The van der Waals surface area contributed by atoms with Gasteiger partial charge in [-0.1, -0.05) is 12.8 Å². The van der Waals surface area contributed by atoms with Gasteiger partial charge in [-0.05, 0) is 19.8 Å². The van der Waals surface area contributed by atoms with Crippen LogP contribution < -0.4 is 5.32 Å². The van der Waals surface area contributed by atoms with E-state index in [4.69, 9.17) is 4.99 Å². The van der Waals surface area contributed by atoms with Crippen LogP contribution in [-0.4, -0.2) is 85.8 Å². The standard InChI is InChI=1S/C18H33N5O2/c1-5-19-17(23-12-10-22(11-13-23)15(2)24)20-14-18(8-6-7-9-18)16(25)21(3)4/h5-14H2,1-4H3,(H,19,20). The van der Waals surface area contributed by atoms with Crippen LogP contribution in [0.4, 0.5) is 0 Å². The van der Waals surface area contributed by atoms with Crippen molar-refractivity contribution in [2.45, 2.75) is 39.5 Å². The first kappa shape index (κ1) is 19.5. The van der Waals surface area contributed by atoms with Gasteiger partial charge in [-0.2, -0.15) is 0 Å². The molecule has 0 bridgehead atoms. The average Bonchev–Trinajstić information content (AvgIpc) is 3.08. The molecule has 0 aromatic carbocycles. The van der Waals surface area contributed by atoms with Gasteiger partial charge >= 0.3 is 0 Å². The minimum atomic E-state index is -0.342. The molecule has 2 aliphatic rings. The molecule has 2 amide bonds. The molecule has 142 valence electrons. The highest BCUT2D eigenvalue weighted by molar-refractivity contribution is 5.84. The first-order chi connectivity index (χ1) is 11.9. The highest BCUT2D eigenvalue weighted by Gasteiger charge is 2.42. The number of hydrogen-bond donors (Lipinski definition) is 1. The number of piperazine rings is 1. The largest absolute Gasteiger partial charge is 0.357 e. The molecule has 1 aliphatic heterocycles. The van der Waals surface area contributed by atoms with Crippen LogP contribution in [0, 0.1) is 5.41 Å². The van der Waals surface area contributed by atoms with Gasteiger partial charge in [0.15, 0.2) is 5.96 Å². The van der Waals surface area contributed by atoms with E-state index in [9.17, 15) is 9.59 Å². The summed E-state index contributed by atoms with van der Waals surface area (Å²) >= 11 is 0. The third kappa shape index (κ3) is 4.64. The van der Waals surface area contributed by atoms with Gasteiger partial charge in [0.2, 0.25) is 11.8 Å². The van der Waals surface area contributed by atoms with E-state index >= 15 is 0 Å². The van der Waals surface area contributed by atoms with Gasteiger partial charge in [-0.25, -0.2) is 0 Å². The number of aliphatic imine (C=N–C) groups is 1. The second kappa shape index (κ2) is 8.54. The van der Waals surface area contributed by atoms with Crippen LogP contribution in [0.1, 0.15) is 39.5 Å². The Morgan fingerprint density at radius 1 is 1.08 bits per heavy atom. The molecule has 0 atom stereocenters. The van der Waals surface area contributed by atoms with E-state index in [1.54, 1.807) is 11.8 Å². The number of amides is 2. The summed E-state index contributed by atoms with van der Waals surface area (Å²) in [5.41, 5.74) is -0.342. The Morgan fingerprint density at radius 3 is 2.12 bits per heavy atom. The lowest BCUT2D eigenvalue weighted by molar-refractivity contribution is -0.138. The molecular formula is C18H33N5O2. The number of rotatable bonds is 4. The van der Waals surface area contributed by atoms with Crippen molar-refractivity contribution in [2.24, 2.45) is 10.4 Å². The summed E-state index contributed by atoms with van der Waals surface area (Å²) in [7, 11) is 3.66. The molecule has 25 heavy (non-hydrogen) atoms. The van der Waals surface area contributed by atoms with Gasteiger partial charge < -0.3 is 20.0 Å². The predicted octanol–water partition coefficient (Wildman–Crippen LogP) is 0.765. The summed E-state index contributed by atoms with van der Waals surface area (Å²) in [6, 6.07) is 0. The minimum Gasteiger partial charge on any atom is -0.357 e. The molecule has 7 nitrogen and oxygen atoms in total. The van der Waals surface area contributed by atoms with Crippen LogP contribution in [0.2, 0.25) is 0 Å². The fraction of sp³-hybridized carbons (Fsp3) is 0.833. The third-order valence-electron chi connectivity index (χ3n) is 5.31. The lowest BCUT2D eigenvalue weighted by Crippen LogP contribution is -2.53. The van der Waals surface area contributed by atoms with Crippen LogP contribution in [0.25, 0.3) is 0 Å². The predicted molar refractivity (Wildman–Crippen MR) is 99.4 cm³/mol. The van der Waals surface area contributed by atoms with Crippen molar-refractivity contribution in [1.29, 1.82) is 0 Å². The third-order valence-corrected chi connectivity index (χ3v) is 5.31. The zero-order valence-corrected chi connectivity index (χ0v) is 16.2. The van der Waals surface area contributed by atoms with E-state index in [1.807, 2.05) is 19.0 Å². The Kier molecular flexibility index (Phi) is 6.67. The van der Waals surface area contributed by atoms with Crippen LogP contribution >= 0.6 is 0 Å². The molecule has 1 aliphatic carbocycles. The lowest BCUT2D eigenvalue weighted by Gasteiger charge is -2.36. The monoisotopic (exact) mass is 351 g/mol. The molecular weight excluding hydrogens is 318 g/mol. The summed E-state index contributed by atoms with van der Waals surface area (Å²) in [5, 5.41) is 3.35. The SMILES string of the molecule is CCNC(=NCC1(C(=O)N(C)C)CCCC1)N1CCN(C(C)=O)CC1. The second-order valence-corrected chi connectivity index (χ2v) is 7.35. The van der Waals surface area contributed by atoms with Crippen molar-refractivity contribution < 1.29 is 9.59 Å². The minimum absolute atomic E-state index is 0.128. The van der Waals surface area contributed by atoms with Crippen molar-refractivity contribution in [2.75, 3.05) is 53.4 Å². The summed E-state index contributed by atoms with van der Waals surface area (Å²) in [5.74, 6) is 1.19. The van der Waals surface area contributed by atoms with E-state index < -0.39 is 0 Å². The fourth-order valence-electron chi connectivity index (χ4n) is 3.85. The molecule has 0 unspecified atom stereocenters. The maximum absolute atomic E-state index is 12.7. The molecule has 2 rings (SSSR count). The molecule has 1 saturated carbocycles. The molecule has 0 radical (unpaired) electrons. The fourth-order valence-corrected chi connectivity index (χ4v) is 3.85. The normalized spacial score (nSPS) is 20.6. The number of carbonyl (C=O) groups excluding carboxylic acids is 2. The highest BCUT2D eigenvalue weighted by atomic mass is 16.2. The molecule has 1 N–H and O–H groups in total. The number of nitrogens with one attached hydrogen (secondary N) is 1. The lowest BCUT2D eigenvalue weighted by atomic mass is 9.85. The Balaban J connectivity index is 2.08. The molecule has 0 spiro atoms. The zero-order chi connectivity index (χ0) is 18.4. The first-order valence-corrected chi connectivity index (χ1v) is 9.40. The van der Waals surface area contributed by atoms with Crippen molar-refractivity contribution in [3.8, 4) is 0 Å². The highest BCUT2D eigenvalue weighted by Crippen LogP contribution is 2.39. The summed E-state index contributed by atoms with van der Waals surface area (Å²) in [6.45, 7) is 8.01. The molecule has 0 aromatic rings. The maximum Gasteiger partial charge on any atom is 0.230 e. The van der Waals surface area contributed by atoms with E-state index in [1.165, 1.54) is 0 Å².